The number of amides is 1. The highest BCUT2D eigenvalue weighted by atomic mass is 32.1. The number of rotatable bonds is 7. The zero-order chi connectivity index (χ0) is 22.8. The summed E-state index contributed by atoms with van der Waals surface area (Å²) < 4.78 is 18.1. The third-order valence-corrected chi connectivity index (χ3v) is 5.99. The molecule has 1 amide bonds. The molecule has 0 aliphatic rings. The van der Waals surface area contributed by atoms with Gasteiger partial charge in [0.05, 0.1) is 26.2 Å². The number of carbonyl (C=O) groups is 1. The van der Waals surface area contributed by atoms with Crippen molar-refractivity contribution in [1.29, 1.82) is 0 Å². The molecule has 4 aromatic rings. The molecule has 2 heterocycles. The van der Waals surface area contributed by atoms with Crippen LogP contribution in [-0.4, -0.2) is 50.9 Å². The van der Waals surface area contributed by atoms with E-state index >= 15 is 0 Å². The fraction of sp³-hybridized carbons (Fsp3) is 0.217. The minimum absolute atomic E-state index is 0.242. The fourth-order valence-corrected chi connectivity index (χ4v) is 4.44. The molecule has 4 rings (SSSR count). The van der Waals surface area contributed by atoms with Crippen molar-refractivity contribution in [2.24, 2.45) is 0 Å². The number of hydrogen-bond acceptors (Lipinski definition) is 7. The Labute approximate surface area is 190 Å². The zero-order valence-electron chi connectivity index (χ0n) is 18.5. The average Bonchev–Trinajstić information content (AvgIpc) is 3.37. The molecule has 0 unspecified atom stereocenters. The fourth-order valence-electron chi connectivity index (χ4n) is 3.43. The van der Waals surface area contributed by atoms with Gasteiger partial charge in [-0.2, -0.15) is 0 Å². The van der Waals surface area contributed by atoms with Crippen molar-refractivity contribution in [3.63, 3.8) is 0 Å². The van der Waals surface area contributed by atoms with Gasteiger partial charge in [-0.15, -0.1) is 11.3 Å². The lowest BCUT2D eigenvalue weighted by Gasteiger charge is -2.15. The number of para-hydroxylation sites is 1. The topological polar surface area (TPSA) is 77.9 Å². The van der Waals surface area contributed by atoms with Crippen molar-refractivity contribution in [1.82, 2.24) is 9.55 Å². The van der Waals surface area contributed by atoms with Crippen molar-refractivity contribution in [2.45, 2.75) is 0 Å². The van der Waals surface area contributed by atoms with Crippen LogP contribution >= 0.6 is 11.3 Å². The molecule has 166 valence electrons. The van der Waals surface area contributed by atoms with Gasteiger partial charge in [-0.3, -0.25) is 9.36 Å². The van der Waals surface area contributed by atoms with E-state index in [2.05, 4.69) is 9.88 Å². The number of nitrogens with zero attached hydrogens (tertiary/aromatic N) is 3. The maximum absolute atomic E-state index is 13.0. The summed E-state index contributed by atoms with van der Waals surface area (Å²) in [6.07, 6.45) is 0. The maximum atomic E-state index is 13.0. The van der Waals surface area contributed by atoms with Gasteiger partial charge in [-0.25, -0.2) is 4.98 Å². The molecule has 32 heavy (non-hydrogen) atoms. The summed E-state index contributed by atoms with van der Waals surface area (Å²) in [7, 11) is 8.50. The molecule has 0 aliphatic carbocycles. The number of aromatic nitrogens is 2. The van der Waals surface area contributed by atoms with Crippen LogP contribution in [0.1, 0.15) is 9.67 Å². The van der Waals surface area contributed by atoms with Crippen LogP contribution in [0.5, 0.6) is 17.2 Å². The van der Waals surface area contributed by atoms with E-state index in [-0.39, 0.29) is 5.91 Å². The van der Waals surface area contributed by atoms with Crippen LogP contribution in [-0.2, 0) is 0 Å². The number of imidazole rings is 1. The molecule has 0 fully saturated rings. The third kappa shape index (κ3) is 3.82. The van der Waals surface area contributed by atoms with E-state index in [0.29, 0.717) is 27.8 Å². The van der Waals surface area contributed by atoms with Crippen LogP contribution in [0.3, 0.4) is 0 Å². The molecule has 0 saturated carbocycles. The molecule has 0 spiro atoms. The van der Waals surface area contributed by atoms with Gasteiger partial charge in [-0.1, -0.05) is 18.2 Å². The summed E-state index contributed by atoms with van der Waals surface area (Å²) in [5.74, 6) is 1.95. The molecule has 2 aromatic carbocycles. The van der Waals surface area contributed by atoms with Crippen molar-refractivity contribution in [3.05, 3.63) is 53.4 Å². The Morgan fingerprint density at radius 2 is 1.66 bits per heavy atom. The number of fused-ring (bicyclic) bond motifs is 1. The van der Waals surface area contributed by atoms with Gasteiger partial charge in [-0.05, 0) is 18.2 Å². The Balaban J connectivity index is 1.71. The van der Waals surface area contributed by atoms with Gasteiger partial charge in [0.2, 0.25) is 11.7 Å². The second-order valence-electron chi connectivity index (χ2n) is 7.15. The molecular formula is C23H24N4O4S. The minimum atomic E-state index is -0.242. The molecular weight excluding hydrogens is 428 g/mol. The summed E-state index contributed by atoms with van der Waals surface area (Å²) in [5, 5.41) is 2.91. The van der Waals surface area contributed by atoms with Crippen molar-refractivity contribution in [2.75, 3.05) is 45.6 Å². The molecule has 8 nitrogen and oxygen atoms in total. The molecule has 0 aliphatic heterocycles. The number of nitrogens with one attached hydrogen (secondary N) is 1. The maximum Gasteiger partial charge on any atom is 0.265 e. The van der Waals surface area contributed by atoms with E-state index in [0.717, 1.165) is 22.0 Å². The van der Waals surface area contributed by atoms with E-state index in [1.165, 1.54) is 32.7 Å². The highest BCUT2D eigenvalue weighted by Gasteiger charge is 2.21. The molecule has 9 heteroatoms. The first kappa shape index (κ1) is 21.5. The molecule has 0 radical (unpaired) electrons. The zero-order valence-corrected chi connectivity index (χ0v) is 19.3. The first-order valence-corrected chi connectivity index (χ1v) is 10.6. The number of ether oxygens (including phenoxy) is 3. The number of anilines is 2. The van der Waals surface area contributed by atoms with Crippen molar-refractivity contribution >= 4 is 39.2 Å². The summed E-state index contributed by atoms with van der Waals surface area (Å²) in [5.41, 5.74) is 2.28. The van der Waals surface area contributed by atoms with E-state index in [1.807, 2.05) is 49.3 Å². The highest BCUT2D eigenvalue weighted by Crippen LogP contribution is 2.40. The predicted octanol–water partition coefficient (Wildman–Crippen LogP) is 4.43. The average molecular weight is 453 g/mol. The number of hydrogen-bond donors (Lipinski definition) is 1. The van der Waals surface area contributed by atoms with Crippen LogP contribution in [0.25, 0.3) is 16.0 Å². The van der Waals surface area contributed by atoms with Gasteiger partial charge >= 0.3 is 0 Å². The number of benzene rings is 2. The van der Waals surface area contributed by atoms with Gasteiger partial charge in [0.1, 0.15) is 10.3 Å². The Hall–Kier alpha value is -3.72. The van der Waals surface area contributed by atoms with Gasteiger partial charge in [0.25, 0.3) is 5.91 Å². The Morgan fingerprint density at radius 3 is 2.22 bits per heavy atom. The third-order valence-electron chi connectivity index (χ3n) is 4.88. The first-order chi connectivity index (χ1) is 15.5. The number of thiophene rings is 1. The van der Waals surface area contributed by atoms with Crippen molar-refractivity contribution < 1.29 is 19.0 Å². The lowest BCUT2D eigenvalue weighted by atomic mass is 10.2. The van der Waals surface area contributed by atoms with E-state index < -0.39 is 0 Å². The van der Waals surface area contributed by atoms with E-state index in [4.69, 9.17) is 19.2 Å². The Morgan fingerprint density at radius 1 is 1.00 bits per heavy atom. The van der Waals surface area contributed by atoms with Crippen LogP contribution in [0.15, 0.2) is 48.5 Å². The summed E-state index contributed by atoms with van der Waals surface area (Å²) in [6.45, 7) is 0. The normalized spacial score (nSPS) is 10.8. The molecule has 2 aromatic heterocycles. The molecule has 1 N–H and O–H groups in total. The lowest BCUT2D eigenvalue weighted by Crippen LogP contribution is -2.14. The molecule has 0 atom stereocenters. The minimum Gasteiger partial charge on any atom is -0.493 e. The summed E-state index contributed by atoms with van der Waals surface area (Å²) in [6, 6.07) is 15.2. The van der Waals surface area contributed by atoms with Crippen LogP contribution < -0.4 is 24.4 Å². The predicted molar refractivity (Wildman–Crippen MR) is 127 cm³/mol. The first-order valence-electron chi connectivity index (χ1n) is 9.83. The Kier molecular flexibility index (Phi) is 5.91. The lowest BCUT2D eigenvalue weighted by molar-refractivity contribution is 0.103. The quantitative estimate of drug-likeness (QED) is 0.447. The summed E-state index contributed by atoms with van der Waals surface area (Å²) >= 11 is 1.39. The van der Waals surface area contributed by atoms with Crippen LogP contribution in [0.2, 0.25) is 0 Å². The second kappa shape index (κ2) is 8.80. The van der Waals surface area contributed by atoms with Gasteiger partial charge in [0, 0.05) is 37.6 Å². The van der Waals surface area contributed by atoms with Crippen molar-refractivity contribution in [3.8, 4) is 22.9 Å². The van der Waals surface area contributed by atoms with E-state index in [1.54, 1.807) is 18.2 Å². The SMILES string of the molecule is COc1cc(NC(=O)c2cc3nc(N(C)C)n(-c4ccccc4)c3s2)cc(OC)c1OC. The highest BCUT2D eigenvalue weighted by molar-refractivity contribution is 7.20. The van der Waals surface area contributed by atoms with Gasteiger partial charge < -0.3 is 24.4 Å². The number of methoxy groups -OCH3 is 3. The molecule has 0 saturated heterocycles. The van der Waals surface area contributed by atoms with Crippen LogP contribution in [0.4, 0.5) is 11.6 Å². The monoisotopic (exact) mass is 452 g/mol. The van der Waals surface area contributed by atoms with E-state index in [9.17, 15) is 4.79 Å². The smallest absolute Gasteiger partial charge is 0.265 e. The molecule has 0 bridgehead atoms. The van der Waals surface area contributed by atoms with Crippen LogP contribution in [0, 0.1) is 0 Å². The largest absolute Gasteiger partial charge is 0.493 e. The number of carbonyl (C=O) groups excluding carboxylic acids is 1. The standard InChI is InChI=1S/C23H24N4O4S/c1-26(2)23-25-16-13-19(32-22(16)27(23)15-9-7-6-8-10-15)21(28)24-14-11-17(29-3)20(31-5)18(12-14)30-4/h6-13H,1-5H3,(H,24,28). The Bertz CT molecular complexity index is 1240. The van der Waals surface area contributed by atoms with Gasteiger partial charge in [0.15, 0.2) is 11.5 Å². The summed E-state index contributed by atoms with van der Waals surface area (Å²) in [4.78, 5) is 21.2. The second-order valence-corrected chi connectivity index (χ2v) is 8.18.